The van der Waals surface area contributed by atoms with E-state index in [1.807, 2.05) is 0 Å². The van der Waals surface area contributed by atoms with Crippen molar-refractivity contribution in [2.24, 2.45) is 9.98 Å². The first-order valence-corrected chi connectivity index (χ1v) is 20.4. The summed E-state index contributed by atoms with van der Waals surface area (Å²) in [6.45, 7) is 10.0. The Morgan fingerprint density at radius 2 is 0.776 bits per heavy atom. The zero-order chi connectivity index (χ0) is 33.1. The molecule has 5 aromatic rings. The Bertz CT molecular complexity index is 1450. The average molecular weight is 755 g/mol. The van der Waals surface area contributed by atoms with Crippen LogP contribution >= 0.6 is 28.3 Å². The van der Waals surface area contributed by atoms with Crippen molar-refractivity contribution in [3.63, 3.8) is 0 Å². The molecule has 7 heteroatoms. The molecule has 0 amide bonds. The molecule has 0 spiro atoms. The Hall–Kier alpha value is -2.97. The van der Waals surface area contributed by atoms with E-state index in [9.17, 15) is 0 Å². The Morgan fingerprint density at radius 3 is 1.06 bits per heavy atom. The van der Waals surface area contributed by atoms with E-state index >= 15 is 0 Å². The molecule has 1 heterocycles. The van der Waals surface area contributed by atoms with Gasteiger partial charge in [-0.3, -0.25) is 9.98 Å². The molecule has 1 radical (unpaired) electrons. The van der Waals surface area contributed by atoms with E-state index in [0.717, 1.165) is 61.1 Å². The molecule has 0 fully saturated rings. The smallest absolute Gasteiger partial charge is 0.0966 e. The molecule has 259 valence electrons. The molecule has 0 aliphatic carbocycles. The van der Waals surface area contributed by atoms with Crippen molar-refractivity contribution in [3.8, 4) is 0 Å². The first-order valence-electron chi connectivity index (χ1n) is 17.0. The Kier molecular flexibility index (Phi) is 20.9. The van der Waals surface area contributed by atoms with Crippen molar-refractivity contribution in [1.82, 2.24) is 4.98 Å². The summed E-state index contributed by atoms with van der Waals surface area (Å²) in [6.07, 6.45) is 5.69. The number of aliphatic imine (C=N–C) groups is 2. The van der Waals surface area contributed by atoms with Crippen LogP contribution in [-0.2, 0) is 16.8 Å². The van der Waals surface area contributed by atoms with Gasteiger partial charge in [0.1, 0.15) is 0 Å². The molecule has 3 nitrogen and oxygen atoms in total. The molecule has 5 rings (SSSR count). The minimum Gasteiger partial charge on any atom is -0.288 e. The second-order valence-electron chi connectivity index (χ2n) is 11.7. The summed E-state index contributed by atoms with van der Waals surface area (Å²) >= 11 is 0. The van der Waals surface area contributed by atoms with Crippen LogP contribution in [0.1, 0.15) is 58.3 Å². The molecular formula is C42H52ClCoN3P2+2. The van der Waals surface area contributed by atoms with Gasteiger partial charge in [-0.15, -0.1) is 12.4 Å². The van der Waals surface area contributed by atoms with Gasteiger partial charge in [-0.05, 0) is 74.5 Å². The molecule has 49 heavy (non-hydrogen) atoms. The number of benzene rings is 4. The molecule has 0 N–H and O–H groups in total. The van der Waals surface area contributed by atoms with Gasteiger partial charge in [0.15, 0.2) is 0 Å². The molecular weight excluding hydrogens is 703 g/mol. The van der Waals surface area contributed by atoms with E-state index in [4.69, 9.17) is 15.0 Å². The van der Waals surface area contributed by atoms with Crippen molar-refractivity contribution < 1.29 is 16.8 Å². The quantitative estimate of drug-likeness (QED) is 0.0634. The SMILES string of the molecule is CC(=NCCC[PH+](c1ccccc1)c1ccccc1)c1cccc(C(C)=NCCC[PH+](c2ccccc2)c2ccccc2)n1.CCC.Cl.[Co]. The molecule has 0 aliphatic rings. The summed E-state index contributed by atoms with van der Waals surface area (Å²) in [5.74, 6) is 0. The standard InChI is InChI=1S/C39H41N3P2.C3H8.ClH.Co/c1-32(40-28-16-30-43(34-18-7-3-8-19-34)35-20-9-4-10-21-35)38-26-15-27-39(42-38)33(2)41-29-17-31-44(36-22-11-5-12-23-36)37-24-13-6-14-25-37;1-3-2;;/h3-15,18-27H,16-17,28-31H2,1-2H3;3H2,1-2H3;1H;/p+2. The predicted molar refractivity (Wildman–Crippen MR) is 222 cm³/mol. The van der Waals surface area contributed by atoms with Crippen LogP contribution in [0.3, 0.4) is 0 Å². The van der Waals surface area contributed by atoms with Crippen LogP contribution < -0.4 is 21.2 Å². The maximum absolute atomic E-state index is 4.94. The van der Waals surface area contributed by atoms with Gasteiger partial charge in [0.2, 0.25) is 0 Å². The number of hydrogen-bond donors (Lipinski definition) is 0. The zero-order valence-electron chi connectivity index (χ0n) is 29.3. The van der Waals surface area contributed by atoms with Crippen molar-refractivity contribution in [3.05, 3.63) is 151 Å². The summed E-state index contributed by atoms with van der Waals surface area (Å²) < 4.78 is 0. The predicted octanol–water partition coefficient (Wildman–Crippen LogP) is 9.05. The molecule has 4 aromatic carbocycles. The van der Waals surface area contributed by atoms with E-state index in [0.29, 0.717) is 0 Å². The molecule has 0 aliphatic heterocycles. The van der Waals surface area contributed by atoms with Crippen LogP contribution in [0.4, 0.5) is 0 Å². The first-order chi connectivity index (χ1) is 23.1. The Labute approximate surface area is 314 Å². The Balaban J connectivity index is 0.00000161. The topological polar surface area (TPSA) is 37.6 Å². The minimum absolute atomic E-state index is 0. The summed E-state index contributed by atoms with van der Waals surface area (Å²) in [5, 5.41) is 5.86. The molecule has 0 atom stereocenters. The Morgan fingerprint density at radius 1 is 0.490 bits per heavy atom. The number of halogens is 1. The van der Waals surface area contributed by atoms with Gasteiger partial charge in [-0.1, -0.05) is 99.1 Å². The molecule has 0 saturated heterocycles. The molecule has 0 bridgehead atoms. The van der Waals surface area contributed by atoms with Crippen molar-refractivity contribution >= 4 is 60.9 Å². The third-order valence-corrected chi connectivity index (χ3v) is 13.7. The third kappa shape index (κ3) is 14.0. The summed E-state index contributed by atoms with van der Waals surface area (Å²) in [5.41, 5.74) is 3.86. The van der Waals surface area contributed by atoms with Crippen molar-refractivity contribution in [1.29, 1.82) is 0 Å². The summed E-state index contributed by atoms with van der Waals surface area (Å²) in [4.78, 5) is 14.8. The number of aromatic nitrogens is 1. The number of pyridine rings is 1. The van der Waals surface area contributed by atoms with Gasteiger partial charge < -0.3 is 0 Å². The zero-order valence-corrected chi connectivity index (χ0v) is 33.2. The second-order valence-corrected chi connectivity index (χ2v) is 16.9. The van der Waals surface area contributed by atoms with E-state index < -0.39 is 15.8 Å². The fourth-order valence-corrected chi connectivity index (χ4v) is 10.7. The monoisotopic (exact) mass is 754 g/mol. The van der Waals surface area contributed by atoms with Gasteiger partial charge >= 0.3 is 0 Å². The van der Waals surface area contributed by atoms with E-state index in [2.05, 4.69) is 167 Å². The van der Waals surface area contributed by atoms with E-state index in [-0.39, 0.29) is 29.2 Å². The van der Waals surface area contributed by atoms with Gasteiger partial charge in [0, 0.05) is 42.7 Å². The number of nitrogens with zero attached hydrogens (tertiary/aromatic N) is 3. The van der Waals surface area contributed by atoms with E-state index in [1.165, 1.54) is 27.6 Å². The fraction of sp³-hybridized carbons (Fsp3) is 0.262. The normalized spacial score (nSPS) is 11.3. The third-order valence-electron chi connectivity index (χ3n) is 7.85. The largest absolute Gasteiger partial charge is 0.288 e. The van der Waals surface area contributed by atoms with Crippen LogP contribution in [-0.4, -0.2) is 41.8 Å². The molecule has 0 saturated carbocycles. The van der Waals surface area contributed by atoms with Gasteiger partial charge in [0.05, 0.1) is 72.2 Å². The number of hydrogen-bond acceptors (Lipinski definition) is 3. The number of rotatable bonds is 14. The van der Waals surface area contributed by atoms with Crippen LogP contribution in [0.5, 0.6) is 0 Å². The van der Waals surface area contributed by atoms with E-state index in [1.54, 1.807) is 0 Å². The van der Waals surface area contributed by atoms with Crippen LogP contribution in [0.25, 0.3) is 0 Å². The van der Waals surface area contributed by atoms with Crippen LogP contribution in [0.15, 0.2) is 150 Å². The van der Waals surface area contributed by atoms with Gasteiger partial charge in [-0.25, -0.2) is 4.98 Å². The summed E-state index contributed by atoms with van der Waals surface area (Å²) in [6, 6.07) is 50.1. The van der Waals surface area contributed by atoms with Crippen molar-refractivity contribution in [2.75, 3.05) is 25.4 Å². The van der Waals surface area contributed by atoms with Crippen LogP contribution in [0.2, 0.25) is 0 Å². The van der Waals surface area contributed by atoms with Crippen molar-refractivity contribution in [2.45, 2.75) is 47.0 Å². The van der Waals surface area contributed by atoms with Gasteiger partial charge in [-0.2, -0.15) is 0 Å². The minimum atomic E-state index is -0.826. The average Bonchev–Trinajstić information content (AvgIpc) is 3.13. The van der Waals surface area contributed by atoms with Gasteiger partial charge in [0.25, 0.3) is 0 Å². The maximum Gasteiger partial charge on any atom is 0.0966 e. The summed E-state index contributed by atoms with van der Waals surface area (Å²) in [7, 11) is -1.65. The molecule has 1 aromatic heterocycles. The molecule has 0 unspecified atom stereocenters. The fourth-order valence-electron chi connectivity index (χ4n) is 5.47. The second kappa shape index (κ2) is 24.2. The first kappa shape index (κ1) is 42.2. The van der Waals surface area contributed by atoms with Crippen LogP contribution in [0, 0.1) is 0 Å². The maximum atomic E-state index is 4.94.